The average Bonchev–Trinajstić information content (AvgIpc) is 2.92. The molecule has 0 aliphatic carbocycles. The summed E-state index contributed by atoms with van der Waals surface area (Å²) < 4.78 is 0. The van der Waals surface area contributed by atoms with E-state index in [2.05, 4.69) is 4.98 Å². The predicted octanol–water partition coefficient (Wildman–Crippen LogP) is 2.13. The van der Waals surface area contributed by atoms with Gasteiger partial charge in [-0.15, -0.1) is 0 Å². The Labute approximate surface area is 127 Å². The number of nitrogens with one attached hydrogen (secondary N) is 1. The van der Waals surface area contributed by atoms with E-state index in [1.807, 2.05) is 18.2 Å². The minimum absolute atomic E-state index is 0.0505. The third kappa shape index (κ3) is 2.61. The fraction of sp³-hybridized carbons (Fsp3) is 0.333. The molecule has 0 unspecified atom stereocenters. The normalized spacial score (nSPS) is 15.5. The fourth-order valence-corrected chi connectivity index (χ4v) is 2.86. The number of carbonyl (C=O) groups excluding carboxylic acids is 2. The summed E-state index contributed by atoms with van der Waals surface area (Å²) in [5.74, 6) is 0.00459. The Morgan fingerprint density at radius 1 is 1.14 bits per heavy atom. The lowest BCUT2D eigenvalue weighted by atomic mass is 10.2. The summed E-state index contributed by atoms with van der Waals surface area (Å²) in [6.07, 6.45) is 0. The maximum Gasteiger partial charge on any atom is 0.270 e. The molecule has 110 valence electrons. The van der Waals surface area contributed by atoms with Crippen molar-refractivity contribution in [3.8, 4) is 0 Å². The molecule has 6 heteroatoms. The first-order valence-corrected chi connectivity index (χ1v) is 7.26. The molecule has 2 amide bonds. The molecule has 1 aliphatic rings. The zero-order chi connectivity index (χ0) is 15.0. The van der Waals surface area contributed by atoms with Gasteiger partial charge >= 0.3 is 0 Å². The number of benzene rings is 1. The van der Waals surface area contributed by atoms with Crippen LogP contribution in [0, 0.1) is 0 Å². The molecule has 0 atom stereocenters. The maximum absolute atomic E-state index is 12.5. The third-order valence-electron chi connectivity index (χ3n) is 3.85. The summed E-state index contributed by atoms with van der Waals surface area (Å²) in [7, 11) is 0. The van der Waals surface area contributed by atoms with Gasteiger partial charge in [-0.05, 0) is 12.1 Å². The summed E-state index contributed by atoms with van der Waals surface area (Å²) in [6.45, 7) is 3.84. The van der Waals surface area contributed by atoms with Crippen LogP contribution in [0.2, 0.25) is 5.02 Å². The van der Waals surface area contributed by atoms with Crippen LogP contribution in [0.3, 0.4) is 0 Å². The van der Waals surface area contributed by atoms with Crippen LogP contribution >= 0.6 is 11.6 Å². The van der Waals surface area contributed by atoms with Crippen molar-refractivity contribution < 1.29 is 9.59 Å². The number of para-hydroxylation sites is 1. The van der Waals surface area contributed by atoms with Crippen molar-refractivity contribution in [2.45, 2.75) is 6.92 Å². The van der Waals surface area contributed by atoms with Gasteiger partial charge in [-0.1, -0.05) is 23.7 Å². The van der Waals surface area contributed by atoms with Crippen LogP contribution < -0.4 is 0 Å². The zero-order valence-electron chi connectivity index (χ0n) is 11.7. The van der Waals surface area contributed by atoms with E-state index in [-0.39, 0.29) is 11.8 Å². The summed E-state index contributed by atoms with van der Waals surface area (Å²) in [5, 5.41) is 1.53. The van der Waals surface area contributed by atoms with Crippen LogP contribution in [0.1, 0.15) is 17.4 Å². The van der Waals surface area contributed by atoms with Crippen molar-refractivity contribution in [1.29, 1.82) is 0 Å². The van der Waals surface area contributed by atoms with E-state index in [4.69, 9.17) is 11.6 Å². The number of piperazine rings is 1. The number of amides is 2. The summed E-state index contributed by atoms with van der Waals surface area (Å²) >= 11 is 6.11. The van der Waals surface area contributed by atoms with E-state index in [0.717, 1.165) is 10.9 Å². The smallest absolute Gasteiger partial charge is 0.270 e. The molecule has 3 rings (SSSR count). The lowest BCUT2D eigenvalue weighted by Gasteiger charge is -2.33. The van der Waals surface area contributed by atoms with Crippen LogP contribution in [0.25, 0.3) is 10.9 Å². The topological polar surface area (TPSA) is 56.4 Å². The zero-order valence-corrected chi connectivity index (χ0v) is 12.5. The first-order valence-electron chi connectivity index (χ1n) is 6.88. The molecule has 1 aromatic heterocycles. The molecule has 0 saturated carbocycles. The lowest BCUT2D eigenvalue weighted by molar-refractivity contribution is -0.130. The Morgan fingerprint density at radius 2 is 1.81 bits per heavy atom. The number of H-pyrrole nitrogens is 1. The second kappa shape index (κ2) is 5.41. The summed E-state index contributed by atoms with van der Waals surface area (Å²) in [5.41, 5.74) is 1.32. The molecule has 0 spiro atoms. The Balaban J connectivity index is 1.78. The highest BCUT2D eigenvalue weighted by Gasteiger charge is 2.24. The van der Waals surface area contributed by atoms with Gasteiger partial charge in [-0.3, -0.25) is 9.59 Å². The largest absolute Gasteiger partial charge is 0.349 e. The second-order valence-electron chi connectivity index (χ2n) is 5.19. The van der Waals surface area contributed by atoms with Crippen molar-refractivity contribution in [3.05, 3.63) is 35.0 Å². The molecule has 1 fully saturated rings. The summed E-state index contributed by atoms with van der Waals surface area (Å²) in [6, 6.07) is 7.39. The SMILES string of the molecule is CC(=O)N1CCN(C(=O)c2cc3cccc(Cl)c3[nH]2)CC1. The van der Waals surface area contributed by atoms with Crippen LogP contribution in [0.4, 0.5) is 0 Å². The Kier molecular flexibility index (Phi) is 3.59. The van der Waals surface area contributed by atoms with Gasteiger partial charge < -0.3 is 14.8 Å². The van der Waals surface area contributed by atoms with Gasteiger partial charge in [-0.2, -0.15) is 0 Å². The van der Waals surface area contributed by atoms with Crippen LogP contribution in [-0.4, -0.2) is 52.8 Å². The number of aromatic amines is 1. The van der Waals surface area contributed by atoms with E-state index in [1.165, 1.54) is 0 Å². The molecule has 1 saturated heterocycles. The number of hydrogen-bond donors (Lipinski definition) is 1. The molecule has 21 heavy (non-hydrogen) atoms. The minimum Gasteiger partial charge on any atom is -0.349 e. The van der Waals surface area contributed by atoms with Gasteiger partial charge in [0.25, 0.3) is 5.91 Å². The van der Waals surface area contributed by atoms with Gasteiger partial charge in [0.2, 0.25) is 5.91 Å². The predicted molar refractivity (Wildman–Crippen MR) is 81.5 cm³/mol. The lowest BCUT2D eigenvalue weighted by Crippen LogP contribution is -2.50. The number of hydrogen-bond acceptors (Lipinski definition) is 2. The van der Waals surface area contributed by atoms with Crippen molar-refractivity contribution in [1.82, 2.24) is 14.8 Å². The molecular formula is C15H16ClN3O2. The molecule has 0 radical (unpaired) electrons. The molecule has 5 nitrogen and oxygen atoms in total. The van der Waals surface area contributed by atoms with E-state index >= 15 is 0 Å². The van der Waals surface area contributed by atoms with E-state index in [1.54, 1.807) is 22.8 Å². The molecule has 0 bridgehead atoms. The van der Waals surface area contributed by atoms with E-state index in [9.17, 15) is 9.59 Å². The number of rotatable bonds is 1. The molecular weight excluding hydrogens is 290 g/mol. The first kappa shape index (κ1) is 13.9. The number of carbonyl (C=O) groups is 2. The number of aromatic nitrogens is 1. The standard InChI is InChI=1S/C15H16ClN3O2/c1-10(20)18-5-7-19(8-6-18)15(21)13-9-11-3-2-4-12(16)14(11)17-13/h2-4,9,17H,5-8H2,1H3. The average molecular weight is 306 g/mol. The Hall–Kier alpha value is -2.01. The maximum atomic E-state index is 12.5. The van der Waals surface area contributed by atoms with Crippen LogP contribution in [0.5, 0.6) is 0 Å². The molecule has 1 N–H and O–H groups in total. The fourth-order valence-electron chi connectivity index (χ4n) is 2.63. The molecule has 2 heterocycles. The second-order valence-corrected chi connectivity index (χ2v) is 5.59. The van der Waals surface area contributed by atoms with Gasteiger partial charge in [0.1, 0.15) is 5.69 Å². The number of halogens is 1. The van der Waals surface area contributed by atoms with E-state index < -0.39 is 0 Å². The number of fused-ring (bicyclic) bond motifs is 1. The number of nitrogens with zero attached hydrogens (tertiary/aromatic N) is 2. The van der Waals surface area contributed by atoms with Crippen LogP contribution in [-0.2, 0) is 4.79 Å². The van der Waals surface area contributed by atoms with Gasteiger partial charge in [-0.25, -0.2) is 0 Å². The quantitative estimate of drug-likeness (QED) is 0.877. The monoisotopic (exact) mass is 305 g/mol. The molecule has 2 aromatic rings. The third-order valence-corrected chi connectivity index (χ3v) is 4.16. The Bertz CT molecular complexity index is 702. The van der Waals surface area contributed by atoms with Crippen molar-refractivity contribution in [3.63, 3.8) is 0 Å². The van der Waals surface area contributed by atoms with Crippen LogP contribution in [0.15, 0.2) is 24.3 Å². The van der Waals surface area contributed by atoms with Gasteiger partial charge in [0.15, 0.2) is 0 Å². The minimum atomic E-state index is -0.0505. The molecule has 1 aliphatic heterocycles. The molecule has 1 aromatic carbocycles. The van der Waals surface area contributed by atoms with Crippen molar-refractivity contribution in [2.75, 3.05) is 26.2 Å². The van der Waals surface area contributed by atoms with Crippen molar-refractivity contribution in [2.24, 2.45) is 0 Å². The van der Waals surface area contributed by atoms with E-state index in [0.29, 0.717) is 36.9 Å². The Morgan fingerprint density at radius 3 is 2.43 bits per heavy atom. The summed E-state index contributed by atoms with van der Waals surface area (Å²) in [4.78, 5) is 30.4. The van der Waals surface area contributed by atoms with Gasteiger partial charge in [0.05, 0.1) is 10.5 Å². The first-order chi connectivity index (χ1) is 10.1. The highest BCUT2D eigenvalue weighted by Crippen LogP contribution is 2.24. The highest BCUT2D eigenvalue weighted by molar-refractivity contribution is 6.35. The van der Waals surface area contributed by atoms with Crippen molar-refractivity contribution >= 4 is 34.3 Å². The van der Waals surface area contributed by atoms with Gasteiger partial charge in [0, 0.05) is 38.5 Å². The highest BCUT2D eigenvalue weighted by atomic mass is 35.5.